The monoisotopic (exact) mass is 391 g/mol. The fraction of sp³-hybridized carbons (Fsp3) is 0.167. The number of thioether (sulfide) groups is 1. The Morgan fingerprint density at radius 2 is 2.12 bits per heavy atom. The maximum atomic E-state index is 6.17. The lowest BCUT2D eigenvalue weighted by Gasteiger charge is -2.10. The minimum Gasteiger partial charge on any atom is -0.323 e. The summed E-state index contributed by atoms with van der Waals surface area (Å²) in [5.74, 6) is 0.884. The Kier molecular flexibility index (Phi) is 5.11. The highest BCUT2D eigenvalue weighted by molar-refractivity contribution is 9.10. The van der Waals surface area contributed by atoms with Crippen LogP contribution < -0.4 is 5.73 Å². The number of benzene rings is 1. The summed E-state index contributed by atoms with van der Waals surface area (Å²) in [6.45, 7) is 0. The lowest BCUT2D eigenvalue weighted by molar-refractivity contribution is 0.847. The number of hydrogen-bond acceptors (Lipinski definition) is 3. The second kappa shape index (κ2) is 6.38. The maximum absolute atomic E-state index is 6.17. The van der Waals surface area contributed by atoms with Gasteiger partial charge in [0.2, 0.25) is 0 Å². The van der Waals surface area contributed by atoms with Gasteiger partial charge in [-0.05, 0) is 45.6 Å². The number of rotatable bonds is 4. The molecule has 0 aliphatic carbocycles. The van der Waals surface area contributed by atoms with Crippen LogP contribution in [0.25, 0.3) is 0 Å². The quantitative estimate of drug-likeness (QED) is 0.735. The van der Waals surface area contributed by atoms with Crippen molar-refractivity contribution in [3.05, 3.63) is 49.5 Å². The molecule has 0 aliphatic heterocycles. The van der Waals surface area contributed by atoms with Crippen LogP contribution in [0.2, 0.25) is 0 Å². The van der Waals surface area contributed by atoms with E-state index in [0.717, 1.165) is 14.7 Å². The lowest BCUT2D eigenvalue weighted by Crippen LogP contribution is -2.11. The van der Waals surface area contributed by atoms with E-state index in [-0.39, 0.29) is 6.04 Å². The normalized spacial score (nSPS) is 12.6. The molecule has 1 atom stereocenters. The van der Waals surface area contributed by atoms with Gasteiger partial charge in [-0.25, -0.2) is 0 Å². The van der Waals surface area contributed by atoms with E-state index in [1.165, 1.54) is 9.77 Å². The Bertz CT molecular complexity index is 499. The van der Waals surface area contributed by atoms with Crippen LogP contribution in [0.15, 0.2) is 49.6 Å². The van der Waals surface area contributed by atoms with Crippen molar-refractivity contribution in [2.24, 2.45) is 5.73 Å². The molecule has 0 bridgehead atoms. The van der Waals surface area contributed by atoms with Gasteiger partial charge in [-0.3, -0.25) is 0 Å². The molecule has 2 aromatic rings. The summed E-state index contributed by atoms with van der Waals surface area (Å²) in [4.78, 5) is 2.45. The van der Waals surface area contributed by atoms with Crippen molar-refractivity contribution in [2.75, 3.05) is 5.75 Å². The van der Waals surface area contributed by atoms with Crippen LogP contribution in [-0.2, 0) is 0 Å². The van der Waals surface area contributed by atoms with Crippen molar-refractivity contribution in [2.45, 2.75) is 10.9 Å². The topological polar surface area (TPSA) is 26.0 Å². The van der Waals surface area contributed by atoms with E-state index in [1.54, 1.807) is 23.1 Å². The summed E-state index contributed by atoms with van der Waals surface area (Å²) < 4.78 is 2.22. The molecule has 0 radical (unpaired) electrons. The summed E-state index contributed by atoms with van der Waals surface area (Å²) in [6, 6.07) is 10.4. The molecule has 0 spiro atoms. The molecule has 0 aliphatic rings. The van der Waals surface area contributed by atoms with Crippen molar-refractivity contribution >= 4 is 55.0 Å². The molecule has 1 nitrogen and oxygen atoms in total. The third kappa shape index (κ3) is 3.83. The van der Waals surface area contributed by atoms with Crippen molar-refractivity contribution in [1.82, 2.24) is 0 Å². The number of hydrogen-bond donors (Lipinski definition) is 1. The average Bonchev–Trinajstić information content (AvgIpc) is 2.72. The molecule has 0 amide bonds. The molecule has 1 aromatic carbocycles. The average molecular weight is 393 g/mol. The second-order valence-corrected chi connectivity index (χ2v) is 7.32. The minimum atomic E-state index is 0.0772. The first-order valence-electron chi connectivity index (χ1n) is 5.03. The molecule has 0 saturated heterocycles. The largest absolute Gasteiger partial charge is 0.323 e. The van der Waals surface area contributed by atoms with Crippen LogP contribution in [0.1, 0.15) is 10.9 Å². The van der Waals surface area contributed by atoms with E-state index < -0.39 is 0 Å². The highest BCUT2D eigenvalue weighted by Gasteiger charge is 2.11. The van der Waals surface area contributed by atoms with E-state index in [4.69, 9.17) is 5.73 Å². The summed E-state index contributed by atoms with van der Waals surface area (Å²) in [6.07, 6.45) is 0. The van der Waals surface area contributed by atoms with Crippen LogP contribution in [0.5, 0.6) is 0 Å². The first-order chi connectivity index (χ1) is 8.16. The van der Waals surface area contributed by atoms with Crippen molar-refractivity contribution < 1.29 is 0 Å². The highest BCUT2D eigenvalue weighted by Crippen LogP contribution is 2.32. The van der Waals surface area contributed by atoms with Crippen molar-refractivity contribution in [3.63, 3.8) is 0 Å². The van der Waals surface area contributed by atoms with Gasteiger partial charge in [-0.15, -0.1) is 23.1 Å². The maximum Gasteiger partial charge on any atom is 0.0496 e. The van der Waals surface area contributed by atoms with Gasteiger partial charge in [0.15, 0.2) is 0 Å². The van der Waals surface area contributed by atoms with Gasteiger partial charge in [0.05, 0.1) is 0 Å². The molecule has 17 heavy (non-hydrogen) atoms. The number of halogens is 2. The van der Waals surface area contributed by atoms with E-state index >= 15 is 0 Å². The fourth-order valence-corrected chi connectivity index (χ4v) is 4.64. The predicted octanol–water partition coefficient (Wildman–Crippen LogP) is 5.07. The van der Waals surface area contributed by atoms with E-state index in [0.29, 0.717) is 0 Å². The molecular formula is C12H11Br2NS2. The third-order valence-corrected chi connectivity index (χ3v) is 5.82. The predicted molar refractivity (Wildman–Crippen MR) is 83.8 cm³/mol. The molecule has 1 aromatic heterocycles. The zero-order valence-electron chi connectivity index (χ0n) is 8.90. The minimum absolute atomic E-state index is 0.0772. The Hall–Kier alpha value is 0.190. The van der Waals surface area contributed by atoms with Crippen LogP contribution in [0.3, 0.4) is 0 Å². The number of thiophene rings is 1. The fourth-order valence-electron chi connectivity index (χ4n) is 1.39. The molecule has 90 valence electrons. The van der Waals surface area contributed by atoms with Gasteiger partial charge in [0.1, 0.15) is 0 Å². The van der Waals surface area contributed by atoms with Crippen LogP contribution >= 0.6 is 55.0 Å². The molecule has 2 rings (SSSR count). The van der Waals surface area contributed by atoms with Gasteiger partial charge in [-0.2, -0.15) is 0 Å². The summed E-state index contributed by atoms with van der Waals surface area (Å²) in [5.41, 5.74) is 6.17. The van der Waals surface area contributed by atoms with E-state index in [1.807, 2.05) is 18.2 Å². The zero-order valence-corrected chi connectivity index (χ0v) is 13.7. The molecule has 5 heteroatoms. The van der Waals surface area contributed by atoms with Crippen molar-refractivity contribution in [3.8, 4) is 0 Å². The molecule has 0 saturated carbocycles. The molecule has 1 heterocycles. The standard InChI is InChI=1S/C12H11Br2NS2/c13-8-2-1-3-9(6-8)17-7-11(15)12-10(14)4-5-16-12/h1-6,11H,7,15H2. The molecule has 0 fully saturated rings. The third-order valence-electron chi connectivity index (χ3n) is 2.21. The summed E-state index contributed by atoms with van der Waals surface area (Å²) in [5, 5.41) is 2.06. The molecule has 1 unspecified atom stereocenters. The van der Waals surface area contributed by atoms with Gasteiger partial charge in [-0.1, -0.05) is 22.0 Å². The van der Waals surface area contributed by atoms with Gasteiger partial charge >= 0.3 is 0 Å². The van der Waals surface area contributed by atoms with Crippen LogP contribution in [0.4, 0.5) is 0 Å². The van der Waals surface area contributed by atoms with Crippen LogP contribution in [0, 0.1) is 0 Å². The number of nitrogens with two attached hydrogens (primary N) is 1. The summed E-state index contributed by atoms with van der Waals surface area (Å²) >= 11 is 10.5. The Morgan fingerprint density at radius 1 is 1.29 bits per heavy atom. The van der Waals surface area contributed by atoms with Gasteiger partial charge in [0.25, 0.3) is 0 Å². The smallest absolute Gasteiger partial charge is 0.0496 e. The molecular weight excluding hydrogens is 382 g/mol. The zero-order chi connectivity index (χ0) is 12.3. The Morgan fingerprint density at radius 3 is 2.76 bits per heavy atom. The first-order valence-corrected chi connectivity index (χ1v) is 8.49. The summed E-state index contributed by atoms with van der Waals surface area (Å²) in [7, 11) is 0. The Labute approximate surface area is 126 Å². The SMILES string of the molecule is NC(CSc1cccc(Br)c1)c1sccc1Br. The first kappa shape index (κ1) is 13.6. The van der Waals surface area contributed by atoms with Gasteiger partial charge < -0.3 is 5.73 Å². The van der Waals surface area contributed by atoms with Crippen molar-refractivity contribution in [1.29, 1.82) is 0 Å². The molecule has 2 N–H and O–H groups in total. The highest BCUT2D eigenvalue weighted by atomic mass is 79.9. The van der Waals surface area contributed by atoms with E-state index in [9.17, 15) is 0 Å². The van der Waals surface area contributed by atoms with Gasteiger partial charge in [0, 0.05) is 30.5 Å². The van der Waals surface area contributed by atoms with E-state index in [2.05, 4.69) is 49.4 Å². The second-order valence-electron chi connectivity index (χ2n) is 3.51. The Balaban J connectivity index is 1.97. The lowest BCUT2D eigenvalue weighted by atomic mass is 10.3. The van der Waals surface area contributed by atoms with Crippen LogP contribution in [-0.4, -0.2) is 5.75 Å².